The van der Waals surface area contributed by atoms with E-state index in [1.54, 1.807) is 36.0 Å². The maximum absolute atomic E-state index is 13.5. The van der Waals surface area contributed by atoms with Crippen molar-refractivity contribution < 1.29 is 13.9 Å². The number of pyridine rings is 1. The number of hydrogen-bond donors (Lipinski definition) is 1. The van der Waals surface area contributed by atoms with Crippen LogP contribution in [0.2, 0.25) is 0 Å². The predicted octanol–water partition coefficient (Wildman–Crippen LogP) is 3.12. The van der Waals surface area contributed by atoms with Crippen molar-refractivity contribution in [3.05, 3.63) is 65.7 Å². The second-order valence-corrected chi connectivity index (χ2v) is 6.33. The molecule has 1 aliphatic carbocycles. The number of ether oxygens (including phenoxy) is 1. The van der Waals surface area contributed by atoms with Crippen LogP contribution in [0.15, 0.2) is 48.8 Å². The van der Waals surface area contributed by atoms with Gasteiger partial charge in [0.1, 0.15) is 17.7 Å². The van der Waals surface area contributed by atoms with Gasteiger partial charge >= 0.3 is 0 Å². The Bertz CT molecular complexity index is 931. The summed E-state index contributed by atoms with van der Waals surface area (Å²) in [7, 11) is 0. The van der Waals surface area contributed by atoms with E-state index in [1.165, 1.54) is 6.07 Å². The standard InChI is InChI=1S/C19H18FN3O2/c1-12-16(20)5-4-7-18(12)25-14-9-13(10-14)22-19(24)15-11-21-23-8-3-2-6-17(15)23/h2-8,11,13-14H,9-10H2,1H3,(H,22,24). The maximum Gasteiger partial charge on any atom is 0.255 e. The minimum absolute atomic E-state index is 0.00490. The number of halogens is 1. The summed E-state index contributed by atoms with van der Waals surface area (Å²) in [5.41, 5.74) is 1.86. The van der Waals surface area contributed by atoms with Gasteiger partial charge in [0, 0.05) is 30.6 Å². The number of nitrogens with zero attached hydrogens (tertiary/aromatic N) is 2. The Morgan fingerprint density at radius 2 is 2.12 bits per heavy atom. The van der Waals surface area contributed by atoms with Crippen LogP contribution >= 0.6 is 0 Å². The number of carbonyl (C=O) groups is 1. The van der Waals surface area contributed by atoms with Crippen LogP contribution < -0.4 is 10.1 Å². The Labute approximate surface area is 144 Å². The quantitative estimate of drug-likeness (QED) is 0.794. The number of hydrogen-bond acceptors (Lipinski definition) is 3. The predicted molar refractivity (Wildman–Crippen MR) is 91.2 cm³/mol. The number of carbonyl (C=O) groups excluding carboxylic acids is 1. The molecule has 3 aromatic rings. The average molecular weight is 339 g/mol. The highest BCUT2D eigenvalue weighted by molar-refractivity contribution is 6.00. The van der Waals surface area contributed by atoms with Crippen molar-refractivity contribution in [2.75, 3.05) is 0 Å². The van der Waals surface area contributed by atoms with Crippen LogP contribution in [0, 0.1) is 12.7 Å². The molecule has 4 rings (SSSR count). The minimum Gasteiger partial charge on any atom is -0.490 e. The minimum atomic E-state index is -0.269. The van der Waals surface area contributed by atoms with Gasteiger partial charge in [0.05, 0.1) is 17.3 Å². The topological polar surface area (TPSA) is 55.6 Å². The number of amides is 1. The SMILES string of the molecule is Cc1c(F)cccc1OC1CC(NC(=O)c2cnn3ccccc23)C1. The fourth-order valence-electron chi connectivity index (χ4n) is 3.05. The van der Waals surface area contributed by atoms with E-state index in [4.69, 9.17) is 4.74 Å². The van der Waals surface area contributed by atoms with Gasteiger partial charge < -0.3 is 10.1 Å². The largest absolute Gasteiger partial charge is 0.490 e. The van der Waals surface area contributed by atoms with Crippen LogP contribution in [0.3, 0.4) is 0 Å². The van der Waals surface area contributed by atoms with Gasteiger partial charge in [-0.2, -0.15) is 5.10 Å². The van der Waals surface area contributed by atoms with Crippen LogP contribution in [0.4, 0.5) is 4.39 Å². The second-order valence-electron chi connectivity index (χ2n) is 6.33. The highest BCUT2D eigenvalue weighted by Crippen LogP contribution is 2.29. The van der Waals surface area contributed by atoms with E-state index in [1.807, 2.05) is 18.2 Å². The molecule has 0 saturated heterocycles. The fraction of sp³-hybridized carbons (Fsp3) is 0.263. The smallest absolute Gasteiger partial charge is 0.255 e. The van der Waals surface area contributed by atoms with E-state index in [2.05, 4.69) is 10.4 Å². The van der Waals surface area contributed by atoms with Crippen LogP contribution in [0.1, 0.15) is 28.8 Å². The van der Waals surface area contributed by atoms with Crippen LogP contribution in [-0.4, -0.2) is 27.7 Å². The van der Waals surface area contributed by atoms with Crippen molar-refractivity contribution in [3.63, 3.8) is 0 Å². The Balaban J connectivity index is 1.35. The molecule has 1 aromatic carbocycles. The van der Waals surface area contributed by atoms with Gasteiger partial charge in [-0.3, -0.25) is 4.79 Å². The fourth-order valence-corrected chi connectivity index (χ4v) is 3.05. The van der Waals surface area contributed by atoms with Gasteiger partial charge in [0.25, 0.3) is 5.91 Å². The van der Waals surface area contributed by atoms with E-state index in [-0.39, 0.29) is 23.9 Å². The third-order valence-corrected chi connectivity index (χ3v) is 4.61. The zero-order chi connectivity index (χ0) is 17.4. The molecule has 2 aromatic heterocycles. The van der Waals surface area contributed by atoms with Crippen molar-refractivity contribution >= 4 is 11.4 Å². The number of nitrogens with one attached hydrogen (secondary N) is 1. The molecule has 1 N–H and O–H groups in total. The summed E-state index contributed by atoms with van der Waals surface area (Å²) in [6.45, 7) is 1.70. The molecule has 1 aliphatic rings. The van der Waals surface area contributed by atoms with Crippen LogP contribution in [0.5, 0.6) is 5.75 Å². The lowest BCUT2D eigenvalue weighted by Crippen LogP contribution is -2.49. The molecule has 0 spiro atoms. The van der Waals surface area contributed by atoms with Crippen molar-refractivity contribution in [3.8, 4) is 5.75 Å². The Kier molecular flexibility index (Phi) is 3.87. The molecule has 1 amide bonds. The summed E-state index contributed by atoms with van der Waals surface area (Å²) in [6.07, 6.45) is 4.80. The van der Waals surface area contributed by atoms with E-state index >= 15 is 0 Å². The molecule has 1 saturated carbocycles. The lowest BCUT2D eigenvalue weighted by molar-refractivity contribution is 0.0697. The zero-order valence-electron chi connectivity index (χ0n) is 13.8. The first-order valence-corrected chi connectivity index (χ1v) is 8.27. The summed E-state index contributed by atoms with van der Waals surface area (Å²) >= 11 is 0. The lowest BCUT2D eigenvalue weighted by atomic mass is 9.89. The maximum atomic E-state index is 13.5. The third-order valence-electron chi connectivity index (χ3n) is 4.61. The zero-order valence-corrected chi connectivity index (χ0v) is 13.8. The lowest BCUT2D eigenvalue weighted by Gasteiger charge is -2.36. The summed E-state index contributed by atoms with van der Waals surface area (Å²) < 4.78 is 21.0. The van der Waals surface area contributed by atoms with Gasteiger partial charge in [-0.05, 0) is 31.2 Å². The first kappa shape index (κ1) is 15.6. The first-order chi connectivity index (χ1) is 12.1. The molecule has 128 valence electrons. The number of rotatable bonds is 4. The van der Waals surface area contributed by atoms with Gasteiger partial charge in [-0.25, -0.2) is 8.91 Å². The van der Waals surface area contributed by atoms with Crippen molar-refractivity contribution in [1.29, 1.82) is 0 Å². The molecule has 5 nitrogen and oxygen atoms in total. The monoisotopic (exact) mass is 339 g/mol. The molecule has 25 heavy (non-hydrogen) atoms. The molecule has 0 atom stereocenters. The number of benzene rings is 1. The molecular formula is C19H18FN3O2. The van der Waals surface area contributed by atoms with Crippen molar-refractivity contribution in [1.82, 2.24) is 14.9 Å². The molecule has 1 fully saturated rings. The Morgan fingerprint density at radius 1 is 1.28 bits per heavy atom. The molecular weight excluding hydrogens is 321 g/mol. The van der Waals surface area contributed by atoms with E-state index in [9.17, 15) is 9.18 Å². The molecule has 2 heterocycles. The third kappa shape index (κ3) is 2.95. The molecule has 0 radical (unpaired) electrons. The Hall–Kier alpha value is -2.89. The van der Waals surface area contributed by atoms with Crippen molar-refractivity contribution in [2.45, 2.75) is 31.9 Å². The van der Waals surface area contributed by atoms with Gasteiger partial charge in [-0.15, -0.1) is 0 Å². The van der Waals surface area contributed by atoms with Crippen LogP contribution in [-0.2, 0) is 0 Å². The van der Waals surface area contributed by atoms with E-state index in [0.717, 1.165) is 5.52 Å². The van der Waals surface area contributed by atoms with Gasteiger partial charge in [-0.1, -0.05) is 12.1 Å². The van der Waals surface area contributed by atoms with E-state index in [0.29, 0.717) is 29.7 Å². The van der Waals surface area contributed by atoms with Gasteiger partial charge in [0.15, 0.2) is 0 Å². The highest BCUT2D eigenvalue weighted by Gasteiger charge is 2.33. The van der Waals surface area contributed by atoms with Gasteiger partial charge in [0.2, 0.25) is 0 Å². The first-order valence-electron chi connectivity index (χ1n) is 8.27. The summed E-state index contributed by atoms with van der Waals surface area (Å²) in [4.78, 5) is 12.4. The summed E-state index contributed by atoms with van der Waals surface area (Å²) in [6, 6.07) is 10.5. The summed E-state index contributed by atoms with van der Waals surface area (Å²) in [5.74, 6) is 0.166. The normalized spacial score (nSPS) is 19.4. The number of fused-ring (bicyclic) bond motifs is 1. The molecule has 0 unspecified atom stereocenters. The molecule has 0 aliphatic heterocycles. The average Bonchev–Trinajstić information content (AvgIpc) is 3.01. The second kappa shape index (κ2) is 6.20. The number of aromatic nitrogens is 2. The van der Waals surface area contributed by atoms with Crippen molar-refractivity contribution in [2.24, 2.45) is 0 Å². The van der Waals surface area contributed by atoms with E-state index < -0.39 is 0 Å². The molecule has 6 heteroatoms. The Morgan fingerprint density at radius 3 is 2.96 bits per heavy atom. The highest BCUT2D eigenvalue weighted by atomic mass is 19.1. The molecule has 0 bridgehead atoms. The summed E-state index contributed by atoms with van der Waals surface area (Å²) in [5, 5.41) is 7.18. The van der Waals surface area contributed by atoms with Crippen LogP contribution in [0.25, 0.3) is 5.52 Å².